The first-order valence-electron chi connectivity index (χ1n) is 5.52. The maximum atomic E-state index is 11.5. The van der Waals surface area contributed by atoms with Crippen LogP contribution in [0, 0.1) is 0 Å². The van der Waals surface area contributed by atoms with Gasteiger partial charge in [-0.3, -0.25) is 4.79 Å². The van der Waals surface area contributed by atoms with Crippen LogP contribution in [-0.2, 0) is 19.1 Å². The molecule has 0 heterocycles. The summed E-state index contributed by atoms with van der Waals surface area (Å²) in [5.41, 5.74) is 5.83. The molecule has 0 aromatic heterocycles. The lowest BCUT2D eigenvalue weighted by atomic mass is 10.2. The van der Waals surface area contributed by atoms with Gasteiger partial charge in [0.25, 0.3) is 0 Å². The van der Waals surface area contributed by atoms with E-state index in [2.05, 4.69) is 14.8 Å². The molecule has 3 N–H and O–H groups in total. The molecule has 0 saturated heterocycles. The van der Waals surface area contributed by atoms with Crippen molar-refractivity contribution in [2.45, 2.75) is 0 Å². The molecule has 1 aromatic rings. The lowest BCUT2D eigenvalue weighted by Crippen LogP contribution is -2.16. The van der Waals surface area contributed by atoms with Crippen molar-refractivity contribution in [2.75, 3.05) is 19.5 Å². The summed E-state index contributed by atoms with van der Waals surface area (Å²) < 4.78 is 8.98. The van der Waals surface area contributed by atoms with Crippen LogP contribution in [0.5, 0.6) is 0 Å². The van der Waals surface area contributed by atoms with Crippen LogP contribution >= 0.6 is 0 Å². The number of anilines is 1. The molecule has 1 aromatic carbocycles. The van der Waals surface area contributed by atoms with Crippen molar-refractivity contribution in [1.29, 1.82) is 0 Å². The van der Waals surface area contributed by atoms with Crippen molar-refractivity contribution in [3.63, 3.8) is 0 Å². The zero-order valence-electron chi connectivity index (χ0n) is 11.0. The molecule has 1 amide bonds. The summed E-state index contributed by atoms with van der Waals surface area (Å²) in [7, 11) is 2.38. The van der Waals surface area contributed by atoms with Gasteiger partial charge in [-0.15, -0.1) is 0 Å². The summed E-state index contributed by atoms with van der Waals surface area (Å²) in [6.07, 6.45) is 0.966. The number of hydrogen-bond donors (Lipinski definition) is 2. The van der Waals surface area contributed by atoms with Gasteiger partial charge in [0.05, 0.1) is 20.3 Å². The Morgan fingerprint density at radius 1 is 1.10 bits per heavy atom. The number of rotatable bonds is 5. The second-order valence-electron chi connectivity index (χ2n) is 3.64. The minimum absolute atomic E-state index is 0.0915. The van der Waals surface area contributed by atoms with Crippen molar-refractivity contribution < 1.29 is 23.9 Å². The van der Waals surface area contributed by atoms with Crippen molar-refractivity contribution in [2.24, 2.45) is 5.73 Å². The highest BCUT2D eigenvalue weighted by Gasteiger charge is 2.12. The van der Waals surface area contributed by atoms with Crippen LogP contribution in [0.15, 0.2) is 36.0 Å². The van der Waals surface area contributed by atoms with Crippen LogP contribution in [0.25, 0.3) is 0 Å². The van der Waals surface area contributed by atoms with E-state index in [9.17, 15) is 14.4 Å². The summed E-state index contributed by atoms with van der Waals surface area (Å²) in [6.45, 7) is 0. The van der Waals surface area contributed by atoms with Crippen molar-refractivity contribution in [3.8, 4) is 0 Å². The molecule has 0 spiro atoms. The molecule has 0 aliphatic heterocycles. The number of nitrogens with one attached hydrogen (secondary N) is 1. The highest BCUT2D eigenvalue weighted by atomic mass is 16.5. The highest BCUT2D eigenvalue weighted by molar-refractivity contribution is 5.99. The van der Waals surface area contributed by atoms with E-state index in [1.165, 1.54) is 38.5 Å². The van der Waals surface area contributed by atoms with Gasteiger partial charge in [0.1, 0.15) is 5.70 Å². The van der Waals surface area contributed by atoms with E-state index in [4.69, 9.17) is 5.73 Å². The minimum Gasteiger partial charge on any atom is -0.466 e. The zero-order valence-corrected chi connectivity index (χ0v) is 11.0. The number of nitrogens with two attached hydrogens (primary N) is 1. The molecule has 106 valence electrons. The Bertz CT molecular complexity index is 548. The number of amides is 1. The maximum Gasteiger partial charge on any atom is 0.354 e. The van der Waals surface area contributed by atoms with Gasteiger partial charge in [0.15, 0.2) is 0 Å². The van der Waals surface area contributed by atoms with Crippen LogP contribution in [0.1, 0.15) is 10.4 Å². The zero-order chi connectivity index (χ0) is 15.1. The molecule has 0 unspecified atom stereocenters. The SMILES string of the molecule is COC(=O)/C=C(/Nc1ccc(C(N)=O)cc1)C(=O)OC. The standard InChI is InChI=1S/C13H14N2O5/c1-19-11(16)7-10(13(18)20-2)15-9-5-3-8(4-6-9)12(14)17/h3-7,15H,1-2H3,(H2,14,17)/b10-7+. The molecular weight excluding hydrogens is 264 g/mol. The Labute approximate surface area is 115 Å². The molecule has 0 radical (unpaired) electrons. The molecule has 1 rings (SSSR count). The lowest BCUT2D eigenvalue weighted by Gasteiger charge is -2.09. The third kappa shape index (κ3) is 4.13. The third-order valence-electron chi connectivity index (χ3n) is 2.32. The van der Waals surface area contributed by atoms with E-state index >= 15 is 0 Å². The van der Waals surface area contributed by atoms with E-state index in [1.807, 2.05) is 0 Å². The van der Waals surface area contributed by atoms with Gasteiger partial charge < -0.3 is 20.5 Å². The Balaban J connectivity index is 2.95. The van der Waals surface area contributed by atoms with Crippen LogP contribution < -0.4 is 11.1 Å². The van der Waals surface area contributed by atoms with E-state index in [0.29, 0.717) is 11.3 Å². The molecule has 0 saturated carbocycles. The molecule has 0 atom stereocenters. The highest BCUT2D eigenvalue weighted by Crippen LogP contribution is 2.12. The molecule has 20 heavy (non-hydrogen) atoms. The maximum absolute atomic E-state index is 11.5. The average Bonchev–Trinajstić information content (AvgIpc) is 2.46. The van der Waals surface area contributed by atoms with Gasteiger partial charge in [0, 0.05) is 11.3 Å². The molecule has 0 bridgehead atoms. The fourth-order valence-corrected chi connectivity index (χ4v) is 1.31. The summed E-state index contributed by atoms with van der Waals surface area (Å²) in [6, 6.07) is 6.04. The molecule has 0 fully saturated rings. The lowest BCUT2D eigenvalue weighted by molar-refractivity contribution is -0.138. The average molecular weight is 278 g/mol. The Morgan fingerprint density at radius 3 is 2.15 bits per heavy atom. The fraction of sp³-hybridized carbons (Fsp3) is 0.154. The quantitative estimate of drug-likeness (QED) is 0.597. The number of carbonyl (C=O) groups is 3. The molecular formula is C13H14N2O5. The fourth-order valence-electron chi connectivity index (χ4n) is 1.31. The van der Waals surface area contributed by atoms with Crippen LogP contribution in [0.4, 0.5) is 5.69 Å². The van der Waals surface area contributed by atoms with Gasteiger partial charge in [-0.25, -0.2) is 9.59 Å². The predicted octanol–water partition coefficient (Wildman–Crippen LogP) is 0.427. The van der Waals surface area contributed by atoms with E-state index in [1.54, 1.807) is 0 Å². The molecule has 0 aliphatic rings. The van der Waals surface area contributed by atoms with Gasteiger partial charge in [-0.2, -0.15) is 0 Å². The van der Waals surface area contributed by atoms with Gasteiger partial charge in [0.2, 0.25) is 5.91 Å². The summed E-state index contributed by atoms with van der Waals surface area (Å²) in [5, 5.41) is 2.69. The smallest absolute Gasteiger partial charge is 0.354 e. The van der Waals surface area contributed by atoms with Crippen molar-refractivity contribution in [1.82, 2.24) is 0 Å². The minimum atomic E-state index is -0.727. The first-order valence-corrected chi connectivity index (χ1v) is 5.52. The monoisotopic (exact) mass is 278 g/mol. The van der Waals surface area contributed by atoms with E-state index < -0.39 is 17.8 Å². The molecule has 7 heteroatoms. The summed E-state index contributed by atoms with van der Waals surface area (Å²) >= 11 is 0. The Hall–Kier alpha value is -2.83. The number of hydrogen-bond acceptors (Lipinski definition) is 6. The van der Waals surface area contributed by atoms with Crippen LogP contribution in [0.3, 0.4) is 0 Å². The van der Waals surface area contributed by atoms with Gasteiger partial charge in [-0.05, 0) is 24.3 Å². The van der Waals surface area contributed by atoms with Crippen LogP contribution in [0.2, 0.25) is 0 Å². The normalized spacial score (nSPS) is 10.6. The van der Waals surface area contributed by atoms with Crippen LogP contribution in [-0.4, -0.2) is 32.1 Å². The van der Waals surface area contributed by atoms with Gasteiger partial charge in [-0.1, -0.05) is 0 Å². The number of ether oxygens (including phenoxy) is 2. The Morgan fingerprint density at radius 2 is 1.70 bits per heavy atom. The number of primary amides is 1. The molecule has 0 aliphatic carbocycles. The third-order valence-corrected chi connectivity index (χ3v) is 2.32. The summed E-state index contributed by atoms with van der Waals surface area (Å²) in [4.78, 5) is 33.6. The predicted molar refractivity (Wildman–Crippen MR) is 70.7 cm³/mol. The largest absolute Gasteiger partial charge is 0.466 e. The Kier molecular flexibility index (Phi) is 5.28. The molecule has 7 nitrogen and oxygen atoms in total. The number of carbonyl (C=O) groups excluding carboxylic acids is 3. The number of esters is 2. The first-order chi connectivity index (χ1) is 9.47. The van der Waals surface area contributed by atoms with Gasteiger partial charge >= 0.3 is 11.9 Å². The topological polar surface area (TPSA) is 108 Å². The number of benzene rings is 1. The second-order valence-corrected chi connectivity index (χ2v) is 3.64. The van der Waals surface area contributed by atoms with Crippen molar-refractivity contribution in [3.05, 3.63) is 41.6 Å². The van der Waals surface area contributed by atoms with Crippen molar-refractivity contribution >= 4 is 23.5 Å². The van der Waals surface area contributed by atoms with E-state index in [0.717, 1.165) is 6.08 Å². The second kappa shape index (κ2) is 6.93. The first kappa shape index (κ1) is 15.2. The number of methoxy groups -OCH3 is 2. The summed E-state index contributed by atoms with van der Waals surface area (Å²) in [5.74, 6) is -1.99. The van der Waals surface area contributed by atoms with E-state index in [-0.39, 0.29) is 5.70 Å².